The third-order valence-corrected chi connectivity index (χ3v) is 9.01. The van der Waals surface area contributed by atoms with Crippen molar-refractivity contribution >= 4 is 29.2 Å². The van der Waals surface area contributed by atoms with Gasteiger partial charge in [-0.3, -0.25) is 4.98 Å². The molecule has 0 spiro atoms. The highest BCUT2D eigenvalue weighted by molar-refractivity contribution is 7.00. The summed E-state index contributed by atoms with van der Waals surface area (Å²) in [7, 11) is -1.71. The summed E-state index contributed by atoms with van der Waals surface area (Å²) in [6, 6.07) is 26.7. The lowest BCUT2D eigenvalue weighted by Crippen LogP contribution is -2.52. The van der Waals surface area contributed by atoms with Gasteiger partial charge in [0.05, 0.1) is 5.69 Å². The normalized spacial score (nSPS) is 11.7. The number of benzene rings is 3. The number of aromatic nitrogens is 1. The molecule has 134 valence electrons. The molecule has 0 atom stereocenters. The molecule has 0 saturated heterocycles. The van der Waals surface area contributed by atoms with Gasteiger partial charge in [-0.15, -0.1) is 0 Å². The fraction of sp³-hybridized carbons (Fsp3) is 0.160. The molecule has 0 saturated carbocycles. The minimum atomic E-state index is -1.71. The number of rotatable bonds is 3. The highest BCUT2D eigenvalue weighted by Gasteiger charge is 2.26. The summed E-state index contributed by atoms with van der Waals surface area (Å²) in [5.74, 6) is 0. The lowest BCUT2D eigenvalue weighted by Gasteiger charge is -2.24. The highest BCUT2D eigenvalue weighted by atomic mass is 28.3. The maximum Gasteiger partial charge on any atom is 0.112 e. The van der Waals surface area contributed by atoms with Crippen molar-refractivity contribution in [1.82, 2.24) is 4.98 Å². The average molecular weight is 368 g/mol. The summed E-state index contributed by atoms with van der Waals surface area (Å²) in [5, 5.41) is 5.42. The second-order valence-electron chi connectivity index (χ2n) is 7.96. The van der Waals surface area contributed by atoms with Crippen molar-refractivity contribution in [2.75, 3.05) is 0 Å². The molecule has 4 aromatic rings. The number of hydrogen-bond acceptors (Lipinski definition) is 1. The summed E-state index contributed by atoms with van der Waals surface area (Å²) >= 11 is 0. The van der Waals surface area contributed by atoms with Gasteiger partial charge in [0.15, 0.2) is 0 Å². The van der Waals surface area contributed by atoms with Crippen LogP contribution in [-0.2, 0) is 0 Å². The molecule has 3 aromatic carbocycles. The van der Waals surface area contributed by atoms with E-state index < -0.39 is 8.07 Å². The van der Waals surface area contributed by atoms with Crippen LogP contribution in [0.15, 0.2) is 79.0 Å². The number of aryl methyl sites for hydroxylation is 2. The Hall–Kier alpha value is -2.71. The molecule has 0 amide bonds. The molecular formula is C25H25NSi. The van der Waals surface area contributed by atoms with Crippen LogP contribution in [0, 0.1) is 13.8 Å². The van der Waals surface area contributed by atoms with Gasteiger partial charge in [-0.1, -0.05) is 89.2 Å². The van der Waals surface area contributed by atoms with E-state index >= 15 is 0 Å². The van der Waals surface area contributed by atoms with E-state index in [1.807, 2.05) is 6.20 Å². The van der Waals surface area contributed by atoms with E-state index in [0.29, 0.717) is 0 Å². The van der Waals surface area contributed by atoms with Crippen molar-refractivity contribution in [1.29, 1.82) is 0 Å². The Morgan fingerprint density at radius 2 is 1.41 bits per heavy atom. The lowest BCUT2D eigenvalue weighted by atomic mass is 10.0. The van der Waals surface area contributed by atoms with Gasteiger partial charge in [-0.05, 0) is 37.4 Å². The third kappa shape index (κ3) is 3.33. The van der Waals surface area contributed by atoms with E-state index in [1.54, 1.807) is 0 Å². The SMILES string of the molecule is Cc1cc(C)cc(-c2nccc3cc([Si](C)(C)c4ccccc4)ccc23)c1. The first-order valence-corrected chi connectivity index (χ1v) is 12.5. The van der Waals surface area contributed by atoms with Crippen molar-refractivity contribution in [3.8, 4) is 11.3 Å². The van der Waals surface area contributed by atoms with E-state index in [0.717, 1.165) is 5.69 Å². The average Bonchev–Trinajstić information content (AvgIpc) is 2.67. The van der Waals surface area contributed by atoms with Gasteiger partial charge < -0.3 is 0 Å². The fourth-order valence-electron chi connectivity index (χ4n) is 3.93. The largest absolute Gasteiger partial charge is 0.256 e. The van der Waals surface area contributed by atoms with Crippen molar-refractivity contribution in [3.63, 3.8) is 0 Å². The zero-order valence-electron chi connectivity index (χ0n) is 16.5. The van der Waals surface area contributed by atoms with Crippen LogP contribution < -0.4 is 10.4 Å². The summed E-state index contributed by atoms with van der Waals surface area (Å²) in [4.78, 5) is 4.72. The number of nitrogens with zero attached hydrogens (tertiary/aromatic N) is 1. The number of fused-ring (bicyclic) bond motifs is 1. The maximum absolute atomic E-state index is 4.72. The topological polar surface area (TPSA) is 12.9 Å². The van der Waals surface area contributed by atoms with Gasteiger partial charge in [-0.25, -0.2) is 0 Å². The Bertz CT molecular complexity index is 1090. The molecule has 0 aliphatic heterocycles. The quantitative estimate of drug-likeness (QED) is 0.445. The summed E-state index contributed by atoms with van der Waals surface area (Å²) in [6.07, 6.45) is 1.94. The number of hydrogen-bond donors (Lipinski definition) is 0. The Morgan fingerprint density at radius 3 is 2.11 bits per heavy atom. The highest BCUT2D eigenvalue weighted by Crippen LogP contribution is 2.28. The molecule has 0 bridgehead atoms. The zero-order chi connectivity index (χ0) is 19.0. The third-order valence-electron chi connectivity index (χ3n) is 5.48. The van der Waals surface area contributed by atoms with Gasteiger partial charge in [-0.2, -0.15) is 0 Å². The molecule has 2 heteroatoms. The smallest absolute Gasteiger partial charge is 0.112 e. The van der Waals surface area contributed by atoms with Crippen LogP contribution >= 0.6 is 0 Å². The number of pyridine rings is 1. The monoisotopic (exact) mass is 367 g/mol. The van der Waals surface area contributed by atoms with E-state index in [4.69, 9.17) is 4.98 Å². The van der Waals surface area contributed by atoms with Crippen LogP contribution in [0.25, 0.3) is 22.0 Å². The van der Waals surface area contributed by atoms with Crippen LogP contribution in [0.3, 0.4) is 0 Å². The first kappa shape index (κ1) is 17.7. The van der Waals surface area contributed by atoms with Crippen LogP contribution in [0.1, 0.15) is 11.1 Å². The van der Waals surface area contributed by atoms with E-state index in [2.05, 4.69) is 99.7 Å². The van der Waals surface area contributed by atoms with Crippen LogP contribution in [0.5, 0.6) is 0 Å². The predicted octanol–water partition coefficient (Wildman–Crippen LogP) is 5.34. The van der Waals surface area contributed by atoms with Gasteiger partial charge >= 0.3 is 0 Å². The second-order valence-corrected chi connectivity index (χ2v) is 12.4. The fourth-order valence-corrected chi connectivity index (χ4v) is 6.31. The standard InChI is InChI=1S/C25H25NSi/c1-18-14-19(2)16-21(15-18)25-24-11-10-23(17-20(24)12-13-26-25)27(3,4)22-8-6-5-7-9-22/h5-17H,1-4H3. The van der Waals surface area contributed by atoms with Crippen LogP contribution in [0.4, 0.5) is 0 Å². The van der Waals surface area contributed by atoms with Crippen LogP contribution in [-0.4, -0.2) is 13.1 Å². The molecule has 0 N–H and O–H groups in total. The first-order valence-electron chi connectivity index (χ1n) is 9.48. The summed E-state index contributed by atoms with van der Waals surface area (Å²) in [6.45, 7) is 9.15. The molecule has 27 heavy (non-hydrogen) atoms. The van der Waals surface area contributed by atoms with Crippen molar-refractivity contribution in [3.05, 3.63) is 90.1 Å². The minimum absolute atomic E-state index is 1.07. The Labute approximate surface area is 162 Å². The molecule has 0 aliphatic carbocycles. The molecule has 1 aromatic heterocycles. The molecule has 4 rings (SSSR count). The van der Waals surface area contributed by atoms with E-state index in [1.165, 1.54) is 37.8 Å². The van der Waals surface area contributed by atoms with Crippen LogP contribution in [0.2, 0.25) is 13.1 Å². The molecule has 0 fully saturated rings. The maximum atomic E-state index is 4.72. The Balaban J connectivity index is 1.86. The molecule has 1 heterocycles. The van der Waals surface area contributed by atoms with Crippen molar-refractivity contribution < 1.29 is 0 Å². The van der Waals surface area contributed by atoms with Gasteiger partial charge in [0.25, 0.3) is 0 Å². The molecule has 0 radical (unpaired) electrons. The minimum Gasteiger partial charge on any atom is -0.256 e. The summed E-state index contributed by atoms with van der Waals surface area (Å²) in [5.41, 5.74) is 4.83. The van der Waals surface area contributed by atoms with E-state index in [-0.39, 0.29) is 0 Å². The second kappa shape index (κ2) is 6.79. The first-order chi connectivity index (χ1) is 12.9. The van der Waals surface area contributed by atoms with Crippen molar-refractivity contribution in [2.24, 2.45) is 0 Å². The molecule has 0 unspecified atom stereocenters. The molecule has 0 aliphatic rings. The Kier molecular flexibility index (Phi) is 4.45. The molecular weight excluding hydrogens is 342 g/mol. The van der Waals surface area contributed by atoms with E-state index in [9.17, 15) is 0 Å². The van der Waals surface area contributed by atoms with Gasteiger partial charge in [0.2, 0.25) is 0 Å². The predicted molar refractivity (Wildman–Crippen MR) is 120 cm³/mol. The molecule has 1 nitrogen and oxygen atoms in total. The van der Waals surface area contributed by atoms with Gasteiger partial charge in [0, 0.05) is 17.1 Å². The lowest BCUT2D eigenvalue weighted by molar-refractivity contribution is 1.33. The van der Waals surface area contributed by atoms with Crippen molar-refractivity contribution in [2.45, 2.75) is 26.9 Å². The zero-order valence-corrected chi connectivity index (χ0v) is 17.5. The Morgan fingerprint density at radius 1 is 0.704 bits per heavy atom. The summed E-state index contributed by atoms with van der Waals surface area (Å²) < 4.78 is 0. The van der Waals surface area contributed by atoms with Gasteiger partial charge in [0.1, 0.15) is 8.07 Å².